The van der Waals surface area contributed by atoms with Crippen LogP contribution in [-0.4, -0.2) is 39.2 Å². The number of carbonyl (C=O) groups excluding carboxylic acids is 1. The molecule has 0 N–H and O–H groups in total. The van der Waals surface area contributed by atoms with Crippen molar-refractivity contribution < 1.29 is 4.79 Å². The molecule has 1 aromatic carbocycles. The second kappa shape index (κ2) is 9.57. The van der Waals surface area contributed by atoms with Gasteiger partial charge in [-0.05, 0) is 57.1 Å². The van der Waals surface area contributed by atoms with E-state index in [9.17, 15) is 9.59 Å². The minimum Gasteiger partial charge on any atom is -0.342 e. The van der Waals surface area contributed by atoms with Gasteiger partial charge < -0.3 is 4.90 Å². The Morgan fingerprint density at radius 2 is 1.90 bits per heavy atom. The SMILES string of the molecule is CCn1c(SCC(=O)N2CCC(Cc3ccccc3)CC2)nc2sc(C)c(C)c2c1=O. The number of piperidine rings is 1. The minimum absolute atomic E-state index is 0.00558. The molecule has 0 saturated carbocycles. The molecule has 3 aromatic rings. The molecule has 0 unspecified atom stereocenters. The summed E-state index contributed by atoms with van der Waals surface area (Å²) in [6.07, 6.45) is 3.18. The fourth-order valence-electron chi connectivity index (χ4n) is 4.25. The number of amides is 1. The maximum absolute atomic E-state index is 13.0. The molecule has 1 amide bonds. The Balaban J connectivity index is 1.38. The zero-order valence-electron chi connectivity index (χ0n) is 18.4. The standard InChI is InChI=1S/C24H29N3O2S2/c1-4-27-23(29)21-16(2)17(3)31-22(21)25-24(27)30-15-20(28)26-12-10-19(11-13-26)14-18-8-6-5-7-9-18/h5-9,19H,4,10-15H2,1-3H3. The quantitative estimate of drug-likeness (QED) is 0.400. The number of rotatable bonds is 6. The van der Waals surface area contributed by atoms with Gasteiger partial charge in [0, 0.05) is 24.5 Å². The molecule has 0 atom stereocenters. The first-order valence-corrected chi connectivity index (χ1v) is 12.7. The predicted molar refractivity (Wildman–Crippen MR) is 129 cm³/mol. The van der Waals surface area contributed by atoms with Gasteiger partial charge in [-0.2, -0.15) is 0 Å². The third-order valence-corrected chi connectivity index (χ3v) is 8.29. The van der Waals surface area contributed by atoms with E-state index < -0.39 is 0 Å². The largest absolute Gasteiger partial charge is 0.342 e. The van der Waals surface area contributed by atoms with Gasteiger partial charge in [0.1, 0.15) is 4.83 Å². The Hall–Kier alpha value is -2.12. The van der Waals surface area contributed by atoms with Gasteiger partial charge in [0.25, 0.3) is 5.56 Å². The number of hydrogen-bond donors (Lipinski definition) is 0. The fraction of sp³-hybridized carbons (Fsp3) is 0.458. The Kier molecular flexibility index (Phi) is 6.82. The molecule has 31 heavy (non-hydrogen) atoms. The van der Waals surface area contributed by atoms with Gasteiger partial charge in [0.05, 0.1) is 11.1 Å². The highest BCUT2D eigenvalue weighted by Gasteiger charge is 2.24. The monoisotopic (exact) mass is 455 g/mol. The Labute approximate surface area is 191 Å². The highest BCUT2D eigenvalue weighted by Crippen LogP contribution is 2.29. The fourth-order valence-corrected chi connectivity index (χ4v) is 6.29. The highest BCUT2D eigenvalue weighted by atomic mass is 32.2. The normalized spacial score (nSPS) is 15.0. The van der Waals surface area contributed by atoms with Crippen LogP contribution in [0.1, 0.15) is 35.8 Å². The van der Waals surface area contributed by atoms with Crippen LogP contribution >= 0.6 is 23.1 Å². The van der Waals surface area contributed by atoms with E-state index in [-0.39, 0.29) is 11.5 Å². The number of nitrogens with zero attached hydrogens (tertiary/aromatic N) is 3. The second-order valence-corrected chi connectivity index (χ2v) is 10.4. The third kappa shape index (κ3) is 4.72. The summed E-state index contributed by atoms with van der Waals surface area (Å²) in [5, 5.41) is 1.37. The highest BCUT2D eigenvalue weighted by molar-refractivity contribution is 7.99. The lowest BCUT2D eigenvalue weighted by Crippen LogP contribution is -2.40. The van der Waals surface area contributed by atoms with Crippen LogP contribution in [-0.2, 0) is 17.8 Å². The van der Waals surface area contributed by atoms with Crippen molar-refractivity contribution in [1.82, 2.24) is 14.5 Å². The summed E-state index contributed by atoms with van der Waals surface area (Å²) in [5.74, 6) is 1.10. The zero-order valence-corrected chi connectivity index (χ0v) is 20.0. The maximum atomic E-state index is 13.0. The molecular formula is C24H29N3O2S2. The number of hydrogen-bond acceptors (Lipinski definition) is 5. The van der Waals surface area contributed by atoms with Gasteiger partial charge in [-0.1, -0.05) is 42.1 Å². The predicted octanol–water partition coefficient (Wildman–Crippen LogP) is 4.67. The number of thioether (sulfide) groups is 1. The maximum Gasteiger partial charge on any atom is 0.263 e. The van der Waals surface area contributed by atoms with E-state index in [0.717, 1.165) is 53.0 Å². The van der Waals surface area contributed by atoms with E-state index in [1.165, 1.54) is 17.3 Å². The van der Waals surface area contributed by atoms with Crippen molar-refractivity contribution in [3.05, 3.63) is 56.7 Å². The van der Waals surface area contributed by atoms with Gasteiger partial charge in [-0.15, -0.1) is 11.3 Å². The molecule has 7 heteroatoms. The first-order valence-electron chi connectivity index (χ1n) is 10.9. The molecule has 0 spiro atoms. The average Bonchev–Trinajstić information content (AvgIpc) is 3.07. The van der Waals surface area contributed by atoms with Crippen LogP contribution in [0.5, 0.6) is 0 Å². The Bertz CT molecular complexity index is 1130. The van der Waals surface area contributed by atoms with Crippen LogP contribution in [0.15, 0.2) is 40.3 Å². The van der Waals surface area contributed by atoms with E-state index in [4.69, 9.17) is 4.98 Å². The summed E-state index contributed by atoms with van der Waals surface area (Å²) in [6.45, 7) is 8.13. The van der Waals surface area contributed by atoms with Crippen LogP contribution in [0.3, 0.4) is 0 Å². The molecule has 0 radical (unpaired) electrons. The molecule has 0 aliphatic carbocycles. The lowest BCUT2D eigenvalue weighted by Gasteiger charge is -2.32. The van der Waals surface area contributed by atoms with E-state index in [1.807, 2.05) is 31.7 Å². The van der Waals surface area contributed by atoms with Crippen molar-refractivity contribution in [3.8, 4) is 0 Å². The van der Waals surface area contributed by atoms with Gasteiger partial charge in [-0.25, -0.2) is 4.98 Å². The van der Waals surface area contributed by atoms with Gasteiger partial charge >= 0.3 is 0 Å². The molecule has 0 bridgehead atoms. The Morgan fingerprint density at radius 1 is 1.19 bits per heavy atom. The van der Waals surface area contributed by atoms with Crippen molar-refractivity contribution in [2.24, 2.45) is 5.92 Å². The number of likely N-dealkylation sites (tertiary alicyclic amines) is 1. The molecule has 164 valence electrons. The number of benzene rings is 1. The number of aryl methyl sites for hydroxylation is 2. The number of fused-ring (bicyclic) bond motifs is 1. The van der Waals surface area contributed by atoms with Gasteiger partial charge in [-0.3, -0.25) is 14.2 Å². The van der Waals surface area contributed by atoms with E-state index in [0.29, 0.717) is 23.4 Å². The second-order valence-electron chi connectivity index (χ2n) is 8.21. The van der Waals surface area contributed by atoms with Crippen LogP contribution in [0.2, 0.25) is 0 Å². The summed E-state index contributed by atoms with van der Waals surface area (Å²) in [4.78, 5) is 34.4. The van der Waals surface area contributed by atoms with Crippen molar-refractivity contribution in [2.75, 3.05) is 18.8 Å². The number of carbonyl (C=O) groups is 1. The van der Waals surface area contributed by atoms with E-state index in [2.05, 4.69) is 24.3 Å². The molecule has 1 fully saturated rings. The summed E-state index contributed by atoms with van der Waals surface area (Å²) >= 11 is 2.94. The van der Waals surface area contributed by atoms with Crippen molar-refractivity contribution in [2.45, 2.75) is 51.7 Å². The smallest absolute Gasteiger partial charge is 0.263 e. The van der Waals surface area contributed by atoms with Crippen LogP contribution < -0.4 is 5.56 Å². The van der Waals surface area contributed by atoms with Crippen LogP contribution in [0, 0.1) is 19.8 Å². The lowest BCUT2D eigenvalue weighted by atomic mass is 9.90. The molecule has 1 saturated heterocycles. The van der Waals surface area contributed by atoms with Gasteiger partial charge in [0.15, 0.2) is 5.16 Å². The summed E-state index contributed by atoms with van der Waals surface area (Å²) in [7, 11) is 0. The lowest BCUT2D eigenvalue weighted by molar-refractivity contribution is -0.129. The average molecular weight is 456 g/mol. The molecule has 3 heterocycles. The zero-order chi connectivity index (χ0) is 22.0. The van der Waals surface area contributed by atoms with Crippen LogP contribution in [0.25, 0.3) is 10.2 Å². The molecule has 5 nitrogen and oxygen atoms in total. The summed E-state index contributed by atoms with van der Waals surface area (Å²) < 4.78 is 1.70. The molecule has 1 aliphatic rings. The van der Waals surface area contributed by atoms with Crippen molar-refractivity contribution in [1.29, 1.82) is 0 Å². The van der Waals surface area contributed by atoms with E-state index >= 15 is 0 Å². The molecular weight excluding hydrogens is 426 g/mol. The minimum atomic E-state index is 0.00558. The van der Waals surface area contributed by atoms with Gasteiger partial charge in [0.2, 0.25) is 5.91 Å². The first kappa shape index (κ1) is 22.1. The summed E-state index contributed by atoms with van der Waals surface area (Å²) in [6, 6.07) is 10.6. The first-order chi connectivity index (χ1) is 15.0. The topological polar surface area (TPSA) is 55.2 Å². The number of aromatic nitrogens is 2. The molecule has 2 aromatic heterocycles. The molecule has 4 rings (SSSR count). The van der Waals surface area contributed by atoms with Crippen molar-refractivity contribution >= 4 is 39.2 Å². The molecule has 1 aliphatic heterocycles. The van der Waals surface area contributed by atoms with Crippen LogP contribution in [0.4, 0.5) is 0 Å². The summed E-state index contributed by atoms with van der Waals surface area (Å²) in [5.41, 5.74) is 2.40. The Morgan fingerprint density at radius 3 is 2.58 bits per heavy atom. The van der Waals surface area contributed by atoms with Crippen molar-refractivity contribution in [3.63, 3.8) is 0 Å². The third-order valence-electron chi connectivity index (χ3n) is 6.23. The number of thiophene rings is 1. The van der Waals surface area contributed by atoms with E-state index in [1.54, 1.807) is 15.9 Å².